The van der Waals surface area contributed by atoms with Crippen molar-refractivity contribution < 1.29 is 18.3 Å². The van der Waals surface area contributed by atoms with Gasteiger partial charge in [-0.05, 0) is 35.2 Å². The molecule has 0 bridgehead atoms. The predicted octanol–water partition coefficient (Wildman–Crippen LogP) is 1.63. The van der Waals surface area contributed by atoms with Crippen LogP contribution in [0.25, 0.3) is 10.9 Å². The Balaban J connectivity index is 1.99. The fraction of sp³-hybridized carbons (Fsp3) is 0.0588. The van der Waals surface area contributed by atoms with E-state index in [9.17, 15) is 23.1 Å². The monoisotopic (exact) mass is 358 g/mol. The van der Waals surface area contributed by atoms with Gasteiger partial charge in [-0.1, -0.05) is 30.3 Å². The number of carboxylic acid groups (broad SMARTS) is 1. The van der Waals surface area contributed by atoms with Crippen LogP contribution in [0.2, 0.25) is 0 Å². The van der Waals surface area contributed by atoms with Gasteiger partial charge >= 0.3 is 5.97 Å². The van der Waals surface area contributed by atoms with Crippen molar-refractivity contribution in [2.75, 3.05) is 0 Å². The summed E-state index contributed by atoms with van der Waals surface area (Å²) in [6.45, 7) is 0. The molecule has 0 fully saturated rings. The number of carbonyl (C=O) groups is 1. The Kier molecular flexibility index (Phi) is 4.39. The summed E-state index contributed by atoms with van der Waals surface area (Å²) in [6.07, 6.45) is 0. The first-order valence-electron chi connectivity index (χ1n) is 7.30. The Morgan fingerprint density at radius 2 is 1.76 bits per heavy atom. The van der Waals surface area contributed by atoms with Gasteiger partial charge in [-0.2, -0.15) is 4.72 Å². The maximum Gasteiger partial charge on any atom is 0.326 e. The minimum atomic E-state index is -4.08. The normalized spacial score (nSPS) is 12.8. The molecule has 128 valence electrons. The number of rotatable bonds is 5. The number of H-pyrrole nitrogens is 1. The van der Waals surface area contributed by atoms with Gasteiger partial charge in [0.2, 0.25) is 15.6 Å². The van der Waals surface area contributed by atoms with Crippen LogP contribution in [0, 0.1) is 0 Å². The minimum absolute atomic E-state index is 0.0887. The van der Waals surface area contributed by atoms with Crippen molar-refractivity contribution in [1.29, 1.82) is 0 Å². The molecule has 0 amide bonds. The number of aromatic amines is 1. The van der Waals surface area contributed by atoms with Crippen molar-refractivity contribution in [3.05, 3.63) is 76.6 Å². The van der Waals surface area contributed by atoms with Gasteiger partial charge < -0.3 is 10.1 Å². The van der Waals surface area contributed by atoms with Crippen molar-refractivity contribution in [3.63, 3.8) is 0 Å². The quantitative estimate of drug-likeness (QED) is 0.641. The lowest BCUT2D eigenvalue weighted by molar-refractivity contribution is -0.139. The topological polar surface area (TPSA) is 116 Å². The van der Waals surface area contributed by atoms with E-state index in [1.165, 1.54) is 42.5 Å². The maximum absolute atomic E-state index is 12.6. The molecule has 1 heterocycles. The van der Waals surface area contributed by atoms with Gasteiger partial charge in [0, 0.05) is 11.6 Å². The number of aromatic nitrogens is 1. The lowest BCUT2D eigenvalue weighted by atomic mass is 10.1. The van der Waals surface area contributed by atoms with E-state index in [0.29, 0.717) is 16.5 Å². The fourth-order valence-corrected chi connectivity index (χ4v) is 3.64. The minimum Gasteiger partial charge on any atom is -0.480 e. The Morgan fingerprint density at radius 1 is 1.04 bits per heavy atom. The second kappa shape index (κ2) is 6.50. The van der Waals surface area contributed by atoms with Gasteiger partial charge in [0.1, 0.15) is 6.04 Å². The van der Waals surface area contributed by atoms with Gasteiger partial charge in [0.25, 0.3) is 0 Å². The molecule has 0 radical (unpaired) electrons. The summed E-state index contributed by atoms with van der Waals surface area (Å²) in [5, 5.41) is 9.89. The molecule has 2 aromatic carbocycles. The highest BCUT2D eigenvalue weighted by molar-refractivity contribution is 7.89. The Hall–Kier alpha value is -2.97. The van der Waals surface area contributed by atoms with Crippen molar-refractivity contribution in [2.45, 2.75) is 10.9 Å². The number of carboxylic acids is 1. The lowest BCUT2D eigenvalue weighted by Crippen LogP contribution is -2.33. The number of pyridine rings is 1. The van der Waals surface area contributed by atoms with Crippen LogP contribution in [0.1, 0.15) is 11.6 Å². The third-order valence-corrected chi connectivity index (χ3v) is 5.08. The largest absolute Gasteiger partial charge is 0.480 e. The molecular weight excluding hydrogens is 344 g/mol. The second-order valence-corrected chi connectivity index (χ2v) is 7.09. The van der Waals surface area contributed by atoms with Crippen molar-refractivity contribution in [1.82, 2.24) is 9.71 Å². The average Bonchev–Trinajstić information content (AvgIpc) is 2.59. The number of nitrogens with one attached hydrogen (secondary N) is 2. The van der Waals surface area contributed by atoms with Crippen molar-refractivity contribution in [2.24, 2.45) is 0 Å². The Bertz CT molecular complexity index is 1090. The van der Waals surface area contributed by atoms with Crippen molar-refractivity contribution in [3.8, 4) is 0 Å². The van der Waals surface area contributed by atoms with Crippen LogP contribution in [0.15, 0.2) is 70.4 Å². The predicted molar refractivity (Wildman–Crippen MR) is 91.7 cm³/mol. The number of aliphatic carboxylic acids is 1. The van der Waals surface area contributed by atoms with Crippen LogP contribution < -0.4 is 10.3 Å². The number of fused-ring (bicyclic) bond motifs is 1. The Labute approximate surface area is 143 Å². The molecule has 1 unspecified atom stereocenters. The summed E-state index contributed by atoms with van der Waals surface area (Å²) in [6, 6.07) is 13.6. The molecule has 7 nitrogen and oxygen atoms in total. The summed E-state index contributed by atoms with van der Waals surface area (Å²) in [5.41, 5.74) is 0.518. The van der Waals surface area contributed by atoms with Gasteiger partial charge in [-0.3, -0.25) is 9.59 Å². The summed E-state index contributed by atoms with van der Waals surface area (Å²) in [4.78, 5) is 25.3. The van der Waals surface area contributed by atoms with E-state index in [1.54, 1.807) is 18.2 Å². The zero-order valence-electron chi connectivity index (χ0n) is 12.8. The summed E-state index contributed by atoms with van der Waals surface area (Å²) in [7, 11) is -4.08. The molecule has 0 aliphatic heterocycles. The molecule has 0 aliphatic rings. The first-order valence-corrected chi connectivity index (χ1v) is 8.78. The van der Waals surface area contributed by atoms with Gasteiger partial charge in [0.05, 0.1) is 4.90 Å². The van der Waals surface area contributed by atoms with Gasteiger partial charge in [-0.15, -0.1) is 0 Å². The van der Waals surface area contributed by atoms with Gasteiger partial charge in [-0.25, -0.2) is 8.42 Å². The van der Waals surface area contributed by atoms with Crippen molar-refractivity contribution >= 4 is 26.9 Å². The molecule has 1 atom stereocenters. The molecular formula is C17H14N2O5S. The first-order chi connectivity index (χ1) is 11.9. The highest BCUT2D eigenvalue weighted by atomic mass is 32.2. The highest BCUT2D eigenvalue weighted by Gasteiger charge is 2.26. The molecule has 1 aromatic heterocycles. The van der Waals surface area contributed by atoms with E-state index in [4.69, 9.17) is 0 Å². The van der Waals surface area contributed by atoms with Crippen LogP contribution in [-0.4, -0.2) is 24.5 Å². The number of sulfonamides is 1. The second-order valence-electron chi connectivity index (χ2n) is 5.37. The van der Waals surface area contributed by atoms with Crippen LogP contribution in [-0.2, 0) is 14.8 Å². The molecule has 0 aliphatic carbocycles. The molecule has 25 heavy (non-hydrogen) atoms. The third-order valence-electron chi connectivity index (χ3n) is 3.66. The number of benzene rings is 2. The lowest BCUT2D eigenvalue weighted by Gasteiger charge is -2.15. The van der Waals surface area contributed by atoms with E-state index >= 15 is 0 Å². The van der Waals surface area contributed by atoms with E-state index in [2.05, 4.69) is 9.71 Å². The SMILES string of the molecule is O=C(O)C(NS(=O)(=O)c1ccc2[nH]c(=O)ccc2c1)c1ccccc1. The highest BCUT2D eigenvalue weighted by Crippen LogP contribution is 2.20. The number of hydrogen-bond acceptors (Lipinski definition) is 4. The molecule has 3 aromatic rings. The molecule has 0 saturated heterocycles. The van der Waals surface area contributed by atoms with E-state index in [0.717, 1.165) is 0 Å². The van der Waals surface area contributed by atoms with E-state index in [-0.39, 0.29) is 10.5 Å². The zero-order chi connectivity index (χ0) is 18.0. The standard InChI is InChI=1S/C17H14N2O5S/c20-15-9-6-12-10-13(7-8-14(12)18-15)25(23,24)19-16(17(21)22)11-4-2-1-3-5-11/h1-10,16,19H,(H,18,20)(H,21,22). The zero-order valence-corrected chi connectivity index (χ0v) is 13.7. The fourth-order valence-electron chi connectivity index (χ4n) is 2.43. The molecule has 0 spiro atoms. The Morgan fingerprint density at radius 3 is 2.44 bits per heavy atom. The van der Waals surface area contributed by atoms with Crippen LogP contribution >= 0.6 is 0 Å². The molecule has 0 saturated carbocycles. The molecule has 3 N–H and O–H groups in total. The van der Waals surface area contributed by atoms with Crippen LogP contribution in [0.3, 0.4) is 0 Å². The molecule has 3 rings (SSSR count). The molecule has 8 heteroatoms. The first kappa shape index (κ1) is 16.9. The number of hydrogen-bond donors (Lipinski definition) is 3. The maximum atomic E-state index is 12.6. The smallest absolute Gasteiger partial charge is 0.326 e. The van der Waals surface area contributed by atoms with E-state index < -0.39 is 22.0 Å². The van der Waals surface area contributed by atoms with Crippen LogP contribution in [0.4, 0.5) is 0 Å². The third kappa shape index (κ3) is 3.59. The summed E-state index contributed by atoms with van der Waals surface area (Å²) >= 11 is 0. The van der Waals surface area contributed by atoms with Crippen LogP contribution in [0.5, 0.6) is 0 Å². The summed E-state index contributed by atoms with van der Waals surface area (Å²) < 4.78 is 27.4. The van der Waals surface area contributed by atoms with Gasteiger partial charge in [0.15, 0.2) is 0 Å². The van der Waals surface area contributed by atoms with E-state index in [1.807, 2.05) is 0 Å². The average molecular weight is 358 g/mol. The summed E-state index contributed by atoms with van der Waals surface area (Å²) in [5.74, 6) is -1.31.